The molecule has 0 unspecified atom stereocenters. The number of aromatic nitrogens is 1. The lowest BCUT2D eigenvalue weighted by atomic mass is 9.91. The molecule has 0 saturated carbocycles. The van der Waals surface area contributed by atoms with Gasteiger partial charge in [0, 0.05) is 29.4 Å². The van der Waals surface area contributed by atoms with Crippen molar-refractivity contribution in [1.29, 1.82) is 0 Å². The van der Waals surface area contributed by atoms with Crippen LogP contribution in [0.1, 0.15) is 29.1 Å². The van der Waals surface area contributed by atoms with E-state index in [1.807, 2.05) is 11.4 Å². The molecule has 6 heteroatoms. The number of carbonyl (C=O) groups is 1. The smallest absolute Gasteiger partial charge is 0.251 e. The van der Waals surface area contributed by atoms with Crippen molar-refractivity contribution in [2.75, 3.05) is 18.9 Å². The summed E-state index contributed by atoms with van der Waals surface area (Å²) in [6.07, 6.45) is 0. The summed E-state index contributed by atoms with van der Waals surface area (Å²) in [6, 6.07) is 7.35. The Morgan fingerprint density at radius 1 is 1.43 bits per heavy atom. The van der Waals surface area contributed by atoms with Gasteiger partial charge < -0.3 is 10.6 Å². The number of hydrogen-bond donors (Lipinski definition) is 2. The third-order valence-corrected chi connectivity index (χ3v) is 4.62. The maximum Gasteiger partial charge on any atom is 0.251 e. The first-order valence-corrected chi connectivity index (χ1v) is 7.85. The molecular weight excluding hydrogens is 306 g/mol. The molecule has 112 valence electrons. The molecule has 21 heavy (non-hydrogen) atoms. The van der Waals surface area contributed by atoms with Crippen molar-refractivity contribution in [2.45, 2.75) is 19.3 Å². The highest BCUT2D eigenvalue weighted by molar-refractivity contribution is 7.10. The normalized spacial score (nSPS) is 11.2. The van der Waals surface area contributed by atoms with Gasteiger partial charge in [0.15, 0.2) is 0 Å². The number of carbonyl (C=O) groups excluding carboxylic acids is 1. The molecule has 0 aliphatic heterocycles. The Balaban J connectivity index is 2.07. The van der Waals surface area contributed by atoms with Crippen molar-refractivity contribution in [2.24, 2.45) is 0 Å². The van der Waals surface area contributed by atoms with Crippen molar-refractivity contribution in [1.82, 2.24) is 10.3 Å². The molecule has 2 N–H and O–H groups in total. The molecule has 2 rings (SSSR count). The number of nitrogens with one attached hydrogen (secondary N) is 2. The van der Waals surface area contributed by atoms with Crippen LogP contribution in [-0.2, 0) is 5.41 Å². The van der Waals surface area contributed by atoms with Crippen LogP contribution in [-0.4, -0.2) is 24.5 Å². The predicted molar refractivity (Wildman–Crippen MR) is 88.5 cm³/mol. The van der Waals surface area contributed by atoms with E-state index in [9.17, 15) is 4.79 Å². The van der Waals surface area contributed by atoms with E-state index in [1.54, 1.807) is 30.5 Å². The fraction of sp³-hybridized carbons (Fsp3) is 0.333. The fourth-order valence-corrected chi connectivity index (χ4v) is 2.97. The van der Waals surface area contributed by atoms with Gasteiger partial charge in [-0.2, -0.15) is 0 Å². The summed E-state index contributed by atoms with van der Waals surface area (Å²) >= 11 is 7.61. The van der Waals surface area contributed by atoms with Crippen LogP contribution in [0, 0.1) is 0 Å². The van der Waals surface area contributed by atoms with Crippen molar-refractivity contribution in [3.63, 3.8) is 0 Å². The summed E-state index contributed by atoms with van der Waals surface area (Å²) in [7, 11) is 1.74. The quantitative estimate of drug-likeness (QED) is 0.827. The second-order valence-corrected chi connectivity index (χ2v) is 6.69. The first kappa shape index (κ1) is 15.8. The van der Waals surface area contributed by atoms with Gasteiger partial charge in [-0.25, -0.2) is 4.98 Å². The van der Waals surface area contributed by atoms with Crippen molar-refractivity contribution in [3.8, 4) is 0 Å². The summed E-state index contributed by atoms with van der Waals surface area (Å²) in [5, 5.41) is 8.18. The van der Waals surface area contributed by atoms with Crippen LogP contribution in [0.4, 0.5) is 5.82 Å². The number of anilines is 1. The van der Waals surface area contributed by atoms with Gasteiger partial charge in [-0.1, -0.05) is 31.5 Å². The van der Waals surface area contributed by atoms with E-state index < -0.39 is 0 Å². The van der Waals surface area contributed by atoms with Crippen LogP contribution < -0.4 is 10.6 Å². The van der Waals surface area contributed by atoms with Crippen LogP contribution in [0.15, 0.2) is 29.6 Å². The molecule has 2 aromatic rings. The molecule has 0 aliphatic rings. The molecule has 1 amide bonds. The van der Waals surface area contributed by atoms with Crippen LogP contribution in [0.5, 0.6) is 0 Å². The molecule has 0 bridgehead atoms. The average Bonchev–Trinajstić information content (AvgIpc) is 2.99. The Morgan fingerprint density at radius 2 is 2.19 bits per heavy atom. The topological polar surface area (TPSA) is 54.0 Å². The van der Waals surface area contributed by atoms with Gasteiger partial charge in [0.25, 0.3) is 5.91 Å². The Bertz CT molecular complexity index is 626. The lowest BCUT2D eigenvalue weighted by Gasteiger charge is -2.23. The number of amides is 1. The Morgan fingerprint density at radius 3 is 2.81 bits per heavy atom. The fourth-order valence-electron chi connectivity index (χ4n) is 1.91. The van der Waals surface area contributed by atoms with Gasteiger partial charge in [-0.15, -0.1) is 11.3 Å². The van der Waals surface area contributed by atoms with Gasteiger partial charge in [0.05, 0.1) is 0 Å². The molecule has 0 spiro atoms. The molecule has 2 heterocycles. The highest BCUT2D eigenvalue weighted by Gasteiger charge is 2.22. The molecule has 2 aromatic heterocycles. The maximum absolute atomic E-state index is 12.3. The lowest BCUT2D eigenvalue weighted by molar-refractivity contribution is 0.0946. The van der Waals surface area contributed by atoms with Gasteiger partial charge in [-0.05, 0) is 23.6 Å². The Kier molecular flexibility index (Phi) is 4.85. The van der Waals surface area contributed by atoms with E-state index in [0.29, 0.717) is 23.1 Å². The maximum atomic E-state index is 12.3. The molecule has 4 nitrogen and oxygen atoms in total. The number of pyridine rings is 1. The molecular formula is C15H18ClN3OS. The van der Waals surface area contributed by atoms with Crippen LogP contribution in [0.3, 0.4) is 0 Å². The second-order valence-electron chi connectivity index (χ2n) is 5.36. The third-order valence-electron chi connectivity index (χ3n) is 3.19. The predicted octanol–water partition coefficient (Wildman–Crippen LogP) is 3.55. The Hall–Kier alpha value is -1.59. The zero-order valence-corrected chi connectivity index (χ0v) is 13.8. The highest BCUT2D eigenvalue weighted by atomic mass is 35.5. The minimum Gasteiger partial charge on any atom is -0.373 e. The summed E-state index contributed by atoms with van der Waals surface area (Å²) in [4.78, 5) is 17.6. The van der Waals surface area contributed by atoms with Crippen molar-refractivity contribution in [3.05, 3.63) is 45.2 Å². The van der Waals surface area contributed by atoms with Crippen molar-refractivity contribution < 1.29 is 4.79 Å². The SMILES string of the molecule is CNc1cc(C(=O)NCC(C)(C)c2cccs2)cc(Cl)n1. The number of thiophene rings is 1. The molecule has 0 aromatic carbocycles. The molecule has 0 atom stereocenters. The number of hydrogen-bond acceptors (Lipinski definition) is 4. The number of nitrogens with zero attached hydrogens (tertiary/aromatic N) is 1. The monoisotopic (exact) mass is 323 g/mol. The van der Waals surface area contributed by atoms with E-state index in [4.69, 9.17) is 11.6 Å². The highest BCUT2D eigenvalue weighted by Crippen LogP contribution is 2.26. The van der Waals surface area contributed by atoms with Gasteiger partial charge in [0.2, 0.25) is 0 Å². The van der Waals surface area contributed by atoms with Gasteiger partial charge in [-0.3, -0.25) is 4.79 Å². The van der Waals surface area contributed by atoms with Crippen LogP contribution >= 0.6 is 22.9 Å². The minimum absolute atomic E-state index is 0.105. The van der Waals surface area contributed by atoms with E-state index in [2.05, 4.69) is 35.5 Å². The molecule has 0 fully saturated rings. The van der Waals surface area contributed by atoms with Crippen molar-refractivity contribution >= 4 is 34.7 Å². The largest absolute Gasteiger partial charge is 0.373 e. The summed E-state index contributed by atoms with van der Waals surface area (Å²) in [5.74, 6) is 0.422. The van der Waals surface area contributed by atoms with E-state index in [0.717, 1.165) is 0 Å². The standard InChI is InChI=1S/C15H18ClN3OS/c1-15(2,11-5-4-6-21-11)9-18-14(20)10-7-12(16)19-13(8-10)17-3/h4-8H,9H2,1-3H3,(H,17,19)(H,18,20). The minimum atomic E-state index is -0.152. The van der Waals surface area contributed by atoms with Gasteiger partial charge >= 0.3 is 0 Å². The van der Waals surface area contributed by atoms with Gasteiger partial charge in [0.1, 0.15) is 11.0 Å². The van der Waals surface area contributed by atoms with Crippen LogP contribution in [0.2, 0.25) is 5.15 Å². The lowest BCUT2D eigenvalue weighted by Crippen LogP contribution is -2.36. The summed E-state index contributed by atoms with van der Waals surface area (Å²) in [6.45, 7) is 4.77. The second kappa shape index (κ2) is 6.45. The zero-order chi connectivity index (χ0) is 15.5. The summed E-state index contributed by atoms with van der Waals surface area (Å²) < 4.78 is 0. The van der Waals surface area contributed by atoms with E-state index in [-0.39, 0.29) is 11.3 Å². The zero-order valence-electron chi connectivity index (χ0n) is 12.2. The third kappa shape index (κ3) is 3.95. The molecule has 0 radical (unpaired) electrons. The average molecular weight is 324 g/mol. The first-order valence-electron chi connectivity index (χ1n) is 6.60. The molecule has 0 aliphatic carbocycles. The van der Waals surface area contributed by atoms with Crippen LogP contribution in [0.25, 0.3) is 0 Å². The first-order chi connectivity index (χ1) is 9.92. The summed E-state index contributed by atoms with van der Waals surface area (Å²) in [5.41, 5.74) is 0.397. The van der Waals surface area contributed by atoms with E-state index in [1.165, 1.54) is 4.88 Å². The molecule has 0 saturated heterocycles. The Labute approximate surface area is 133 Å². The van der Waals surface area contributed by atoms with E-state index >= 15 is 0 Å². The number of halogens is 1. The number of rotatable bonds is 5.